The van der Waals surface area contributed by atoms with E-state index in [0.717, 1.165) is 0 Å². The van der Waals surface area contributed by atoms with Crippen molar-refractivity contribution in [1.29, 1.82) is 0 Å². The number of ether oxygens (including phenoxy) is 5. The molecule has 0 aliphatic rings. The first-order valence-corrected chi connectivity index (χ1v) is 27.9. The molecule has 84 heavy (non-hydrogen) atoms. The van der Waals surface area contributed by atoms with Gasteiger partial charge in [-0.15, -0.1) is 0 Å². The molecule has 0 aromatic rings. The Hall–Kier alpha value is -7.17. The Labute approximate surface area is 493 Å². The Kier molecular flexibility index (Phi) is 32.2. The van der Waals surface area contributed by atoms with E-state index in [9.17, 15) is 62.3 Å². The fraction of sp³-hybridized carbons (Fsp3) is 0.764. The first-order valence-electron chi connectivity index (χ1n) is 27.9. The largest absolute Gasteiger partial charge is 0.460 e. The second-order valence-corrected chi connectivity index (χ2v) is 25.1. The molecule has 0 unspecified atom stereocenters. The molecule has 0 aromatic carbocycles. The van der Waals surface area contributed by atoms with Crippen molar-refractivity contribution in [2.24, 2.45) is 17.2 Å². The van der Waals surface area contributed by atoms with Crippen LogP contribution in [0.5, 0.6) is 0 Å². The maximum absolute atomic E-state index is 14.2. The van der Waals surface area contributed by atoms with Crippen molar-refractivity contribution in [3.8, 4) is 0 Å². The van der Waals surface area contributed by atoms with Crippen molar-refractivity contribution in [3.63, 3.8) is 0 Å². The van der Waals surface area contributed by atoms with Gasteiger partial charge in [0.15, 0.2) is 6.04 Å². The van der Waals surface area contributed by atoms with Crippen molar-refractivity contribution in [2.45, 2.75) is 252 Å². The van der Waals surface area contributed by atoms with E-state index in [2.05, 4.69) is 42.5 Å². The van der Waals surface area contributed by atoms with Gasteiger partial charge in [-0.05, 0) is 156 Å². The summed E-state index contributed by atoms with van der Waals surface area (Å²) >= 11 is 0. The summed E-state index contributed by atoms with van der Waals surface area (Å²) in [6, 6.07) is -10.3. The third kappa shape index (κ3) is 37.8. The third-order valence-corrected chi connectivity index (χ3v) is 10.8. The minimum atomic E-state index is -1.61. The number of carbonyl (C=O) groups excluding carboxylic acids is 13. The van der Waals surface area contributed by atoms with Gasteiger partial charge in [0, 0.05) is 32.2 Å². The summed E-state index contributed by atoms with van der Waals surface area (Å²) in [5, 5.41) is 19.7. The standard InChI is InChI=1S/C55H97N11O18/c1-31(43(72)60-29-40(69)62-34(22-26-41(70)81-52(5,6)7)47(76)66-37(30-80-51(2,3)4)49(78)83-54(11,12)13)61-45(74)35(21-25-39(58)68)65-46(75)33(19-17-18-28-59-50(79)84-55(14,15)16)64-48(77)36(23-27-42(71)82-53(8,9)10)63-44(73)32(56)20-24-38(57)67/h31-37H,17-30,56H2,1-16H3,(H2,57,67)(H2,58,68)(H,59,79)(H,60,72)(H,61,74)(H,62,69)(H,63,73)(H,64,77)(H,65,75)(H,66,76)/t31-,32-,33-,34-,35-,36-,37-/m0/s1. The van der Waals surface area contributed by atoms with Gasteiger partial charge in [-0.1, -0.05) is 0 Å². The summed E-state index contributed by atoms with van der Waals surface area (Å²) < 4.78 is 27.3. The number of carbonyl (C=O) groups is 13. The number of nitrogens with two attached hydrogens (primary N) is 3. The normalized spacial score (nSPS) is 14.4. The van der Waals surface area contributed by atoms with Crippen LogP contribution in [0.15, 0.2) is 0 Å². The van der Waals surface area contributed by atoms with Gasteiger partial charge >= 0.3 is 24.0 Å². The van der Waals surface area contributed by atoms with Crippen LogP contribution in [0.25, 0.3) is 0 Å². The number of primary amides is 2. The lowest BCUT2D eigenvalue weighted by atomic mass is 10.0. The summed E-state index contributed by atoms with van der Waals surface area (Å²) in [7, 11) is 0. The molecule has 480 valence electrons. The van der Waals surface area contributed by atoms with Crippen LogP contribution in [0, 0.1) is 0 Å². The summed E-state index contributed by atoms with van der Waals surface area (Å²) in [6.07, 6.45) is -3.30. The van der Waals surface area contributed by atoms with Gasteiger partial charge < -0.3 is 83.4 Å². The molecular weight excluding hydrogens is 1100 g/mol. The number of amides is 10. The predicted octanol–water partition coefficient (Wildman–Crippen LogP) is -0.0148. The van der Waals surface area contributed by atoms with Crippen LogP contribution in [-0.2, 0) is 81.2 Å². The van der Waals surface area contributed by atoms with Gasteiger partial charge in [0.25, 0.3) is 0 Å². The monoisotopic (exact) mass is 1200 g/mol. The van der Waals surface area contributed by atoms with Crippen LogP contribution in [0.3, 0.4) is 0 Å². The van der Waals surface area contributed by atoms with E-state index in [1.165, 1.54) is 6.92 Å². The molecule has 29 heteroatoms. The van der Waals surface area contributed by atoms with Gasteiger partial charge in [-0.25, -0.2) is 9.59 Å². The Morgan fingerprint density at radius 1 is 0.405 bits per heavy atom. The minimum absolute atomic E-state index is 0.0637. The highest BCUT2D eigenvalue weighted by Crippen LogP contribution is 2.16. The fourth-order valence-electron chi connectivity index (χ4n) is 6.99. The summed E-state index contributed by atoms with van der Waals surface area (Å²) in [4.78, 5) is 171. The highest BCUT2D eigenvalue weighted by molar-refractivity contribution is 5.97. The molecule has 0 heterocycles. The molecular formula is C55H97N11O18. The molecule has 0 aliphatic heterocycles. The average molecular weight is 1200 g/mol. The Morgan fingerprint density at radius 2 is 0.798 bits per heavy atom. The molecule has 0 bridgehead atoms. The van der Waals surface area contributed by atoms with Gasteiger partial charge in [-0.2, -0.15) is 0 Å². The first-order chi connectivity index (χ1) is 38.3. The predicted molar refractivity (Wildman–Crippen MR) is 305 cm³/mol. The van der Waals surface area contributed by atoms with E-state index >= 15 is 0 Å². The fourth-order valence-corrected chi connectivity index (χ4v) is 6.99. The number of unbranched alkanes of at least 4 members (excludes halogenated alkanes) is 1. The molecule has 0 aromatic heterocycles. The molecule has 0 rings (SSSR count). The van der Waals surface area contributed by atoms with Crippen LogP contribution in [0.4, 0.5) is 4.79 Å². The average Bonchev–Trinajstić information content (AvgIpc) is 3.55. The van der Waals surface area contributed by atoms with E-state index < -0.39 is 173 Å². The topological polar surface area (TPSA) is 442 Å². The lowest BCUT2D eigenvalue weighted by molar-refractivity contribution is -0.162. The van der Waals surface area contributed by atoms with Crippen molar-refractivity contribution < 1.29 is 86.0 Å². The zero-order valence-corrected chi connectivity index (χ0v) is 52.0. The van der Waals surface area contributed by atoms with Crippen LogP contribution < -0.4 is 59.7 Å². The van der Waals surface area contributed by atoms with E-state index in [0.29, 0.717) is 0 Å². The molecule has 7 atom stereocenters. The number of rotatable bonds is 34. The van der Waals surface area contributed by atoms with E-state index in [-0.39, 0.29) is 64.5 Å². The molecule has 0 fully saturated rings. The Morgan fingerprint density at radius 3 is 1.24 bits per heavy atom. The zero-order valence-electron chi connectivity index (χ0n) is 52.0. The number of hydrogen-bond acceptors (Lipinski definition) is 19. The SMILES string of the molecule is C[C@H](NC(=O)[C@H](CCC(N)=O)NC(=O)[C@H](CCCCNC(=O)OC(C)(C)C)NC(=O)[C@H](CCC(=O)OC(C)(C)C)NC(=O)[C@@H](N)CCC(N)=O)C(=O)NCC(=O)N[C@@H](CCC(=O)OC(C)(C)C)C(=O)N[C@@H](COC(C)(C)C)C(=O)OC(C)(C)C. The molecule has 0 aliphatic carbocycles. The van der Waals surface area contributed by atoms with Gasteiger partial charge in [-0.3, -0.25) is 52.7 Å². The molecule has 0 saturated heterocycles. The smallest absolute Gasteiger partial charge is 0.407 e. The van der Waals surface area contributed by atoms with E-state index in [1.54, 1.807) is 104 Å². The van der Waals surface area contributed by atoms with Crippen LogP contribution in [-0.4, -0.2) is 167 Å². The molecule has 0 spiro atoms. The van der Waals surface area contributed by atoms with E-state index in [4.69, 9.17) is 40.9 Å². The van der Waals surface area contributed by atoms with Gasteiger partial charge in [0.1, 0.15) is 52.6 Å². The number of nitrogens with one attached hydrogen (secondary N) is 8. The molecule has 14 N–H and O–H groups in total. The third-order valence-electron chi connectivity index (χ3n) is 10.8. The van der Waals surface area contributed by atoms with Crippen LogP contribution >= 0.6 is 0 Å². The second-order valence-electron chi connectivity index (χ2n) is 25.1. The van der Waals surface area contributed by atoms with Crippen molar-refractivity contribution in [1.82, 2.24) is 42.5 Å². The highest BCUT2D eigenvalue weighted by atomic mass is 16.6. The number of alkyl carbamates (subject to hydrolysis) is 1. The quantitative estimate of drug-likeness (QED) is 0.0229. The van der Waals surface area contributed by atoms with E-state index in [1.807, 2.05) is 0 Å². The van der Waals surface area contributed by atoms with Crippen molar-refractivity contribution in [3.05, 3.63) is 0 Å². The molecule has 29 nitrogen and oxygen atoms in total. The second kappa shape index (κ2) is 35.2. The number of hydrogen-bond donors (Lipinski definition) is 11. The van der Waals surface area contributed by atoms with Crippen LogP contribution in [0.1, 0.15) is 181 Å². The van der Waals surface area contributed by atoms with Gasteiger partial charge in [0.05, 0.1) is 24.8 Å². The Bertz CT molecular complexity index is 2280. The van der Waals surface area contributed by atoms with Crippen LogP contribution in [0.2, 0.25) is 0 Å². The number of esters is 3. The highest BCUT2D eigenvalue weighted by Gasteiger charge is 2.35. The van der Waals surface area contributed by atoms with Crippen molar-refractivity contribution >= 4 is 77.2 Å². The van der Waals surface area contributed by atoms with Gasteiger partial charge in [0.2, 0.25) is 53.2 Å². The maximum atomic E-state index is 14.2. The first kappa shape index (κ1) is 76.8. The lowest BCUT2D eigenvalue weighted by Gasteiger charge is -2.28. The summed E-state index contributed by atoms with van der Waals surface area (Å²) in [6.45, 7) is 25.0. The molecule has 0 saturated carbocycles. The molecule has 10 amide bonds. The van der Waals surface area contributed by atoms with Crippen molar-refractivity contribution in [2.75, 3.05) is 19.7 Å². The minimum Gasteiger partial charge on any atom is -0.460 e. The zero-order chi connectivity index (χ0) is 65.1. The lowest BCUT2D eigenvalue weighted by Crippen LogP contribution is -2.59. The molecule has 0 radical (unpaired) electrons. The Balaban J connectivity index is 6.71. The summed E-state index contributed by atoms with van der Waals surface area (Å²) in [5.41, 5.74) is 12.3. The summed E-state index contributed by atoms with van der Waals surface area (Å²) in [5.74, 6) is -10.6. The maximum Gasteiger partial charge on any atom is 0.407 e.